The highest BCUT2D eigenvalue weighted by molar-refractivity contribution is 8.00. The topological polar surface area (TPSA) is 12.0 Å². The van der Waals surface area contributed by atoms with Crippen molar-refractivity contribution in [2.45, 2.75) is 29.9 Å². The average molecular weight is 269 g/mol. The normalized spacial score (nSPS) is 17.2. The van der Waals surface area contributed by atoms with E-state index in [0.717, 1.165) is 13.0 Å². The van der Waals surface area contributed by atoms with Gasteiger partial charge in [-0.25, -0.2) is 0 Å². The lowest BCUT2D eigenvalue weighted by molar-refractivity contribution is 0.899. The molecule has 0 aliphatic carbocycles. The molecule has 1 heterocycles. The van der Waals surface area contributed by atoms with E-state index >= 15 is 0 Å². The number of rotatable bonds is 4. The van der Waals surface area contributed by atoms with Crippen LogP contribution in [0.4, 0.5) is 5.69 Å². The Morgan fingerprint density at radius 2 is 1.89 bits per heavy atom. The minimum atomic E-state index is 0.656. The number of hydrogen-bond acceptors (Lipinski definition) is 2. The first-order chi connectivity index (χ1) is 9.35. The van der Waals surface area contributed by atoms with Crippen molar-refractivity contribution < 1.29 is 0 Å². The van der Waals surface area contributed by atoms with Crippen molar-refractivity contribution >= 4 is 17.4 Å². The van der Waals surface area contributed by atoms with Gasteiger partial charge in [0.25, 0.3) is 0 Å². The van der Waals surface area contributed by atoms with Gasteiger partial charge in [0, 0.05) is 22.4 Å². The molecule has 1 unspecified atom stereocenters. The summed E-state index contributed by atoms with van der Waals surface area (Å²) < 4.78 is 0. The molecule has 1 aliphatic rings. The van der Waals surface area contributed by atoms with E-state index in [4.69, 9.17) is 0 Å². The van der Waals surface area contributed by atoms with E-state index in [-0.39, 0.29) is 0 Å². The smallest absolute Gasteiger partial charge is 0.0340 e. The molecule has 19 heavy (non-hydrogen) atoms. The van der Waals surface area contributed by atoms with Gasteiger partial charge in [-0.05, 0) is 42.2 Å². The predicted molar refractivity (Wildman–Crippen MR) is 84.1 cm³/mol. The van der Waals surface area contributed by atoms with Gasteiger partial charge in [0.2, 0.25) is 0 Å². The Hall–Kier alpha value is -1.41. The Labute approximate surface area is 119 Å². The molecular weight excluding hydrogens is 250 g/mol. The van der Waals surface area contributed by atoms with Crippen molar-refractivity contribution in [2.24, 2.45) is 0 Å². The van der Waals surface area contributed by atoms with Gasteiger partial charge in [0.15, 0.2) is 0 Å². The monoisotopic (exact) mass is 269 g/mol. The summed E-state index contributed by atoms with van der Waals surface area (Å²) in [6.07, 6.45) is 2.29. The Bertz CT molecular complexity index is 522. The minimum absolute atomic E-state index is 0.656. The standard InChI is InChI=1S/C17H19NS/c1-2-13-7-9-15(10-8-13)18-12-16-11-14-5-3-4-6-17(14)19-16/h3-10,16,18H,2,11-12H2,1H3. The van der Waals surface area contributed by atoms with E-state index in [1.807, 2.05) is 11.8 Å². The van der Waals surface area contributed by atoms with E-state index in [2.05, 4.69) is 60.8 Å². The third-order valence-corrected chi connectivity index (χ3v) is 4.93. The Morgan fingerprint density at radius 1 is 1.11 bits per heavy atom. The summed E-state index contributed by atoms with van der Waals surface area (Å²) >= 11 is 2.00. The molecule has 1 aliphatic heterocycles. The largest absolute Gasteiger partial charge is 0.384 e. The molecular formula is C17H19NS. The highest BCUT2D eigenvalue weighted by Crippen LogP contribution is 2.36. The van der Waals surface area contributed by atoms with Crippen LogP contribution in [0.2, 0.25) is 0 Å². The van der Waals surface area contributed by atoms with Crippen molar-refractivity contribution in [2.75, 3.05) is 11.9 Å². The molecule has 0 aromatic heterocycles. The van der Waals surface area contributed by atoms with Crippen LogP contribution in [-0.2, 0) is 12.8 Å². The fourth-order valence-electron chi connectivity index (χ4n) is 2.46. The van der Waals surface area contributed by atoms with Crippen molar-refractivity contribution in [1.29, 1.82) is 0 Å². The second kappa shape index (κ2) is 5.70. The second-order valence-electron chi connectivity index (χ2n) is 4.98. The predicted octanol–water partition coefficient (Wildman–Crippen LogP) is 4.38. The molecule has 1 nitrogen and oxygen atoms in total. The Morgan fingerprint density at radius 3 is 2.63 bits per heavy atom. The summed E-state index contributed by atoms with van der Waals surface area (Å²) in [6, 6.07) is 17.5. The second-order valence-corrected chi connectivity index (χ2v) is 6.33. The maximum absolute atomic E-state index is 3.55. The molecule has 3 rings (SSSR count). The van der Waals surface area contributed by atoms with E-state index in [1.54, 1.807) is 0 Å². The summed E-state index contributed by atoms with van der Waals surface area (Å²) in [7, 11) is 0. The van der Waals surface area contributed by atoms with E-state index in [0.29, 0.717) is 5.25 Å². The van der Waals surface area contributed by atoms with Gasteiger partial charge in [0.05, 0.1) is 0 Å². The lowest BCUT2D eigenvalue weighted by Gasteiger charge is -2.11. The third-order valence-electron chi connectivity index (χ3n) is 3.61. The van der Waals surface area contributed by atoms with E-state index < -0.39 is 0 Å². The van der Waals surface area contributed by atoms with Crippen molar-refractivity contribution in [3.8, 4) is 0 Å². The highest BCUT2D eigenvalue weighted by atomic mass is 32.2. The minimum Gasteiger partial charge on any atom is -0.384 e. The molecule has 0 spiro atoms. The van der Waals surface area contributed by atoms with Crippen molar-refractivity contribution in [3.63, 3.8) is 0 Å². The Kier molecular flexibility index (Phi) is 3.79. The molecule has 1 atom stereocenters. The summed E-state index contributed by atoms with van der Waals surface area (Å²) in [5, 5.41) is 4.21. The zero-order chi connectivity index (χ0) is 13.1. The van der Waals surface area contributed by atoms with Gasteiger partial charge in [-0.15, -0.1) is 11.8 Å². The number of nitrogens with one attached hydrogen (secondary N) is 1. The quantitative estimate of drug-likeness (QED) is 0.884. The highest BCUT2D eigenvalue weighted by Gasteiger charge is 2.21. The van der Waals surface area contributed by atoms with Crippen LogP contribution in [0.3, 0.4) is 0 Å². The maximum atomic E-state index is 3.55. The van der Waals surface area contributed by atoms with Crippen LogP contribution in [0.5, 0.6) is 0 Å². The van der Waals surface area contributed by atoms with Crippen LogP contribution in [0.15, 0.2) is 53.4 Å². The first-order valence-corrected chi connectivity index (χ1v) is 7.80. The number of thioether (sulfide) groups is 1. The first-order valence-electron chi connectivity index (χ1n) is 6.92. The first kappa shape index (κ1) is 12.6. The fourth-order valence-corrected chi connectivity index (χ4v) is 3.71. The van der Waals surface area contributed by atoms with Crippen LogP contribution in [0.1, 0.15) is 18.1 Å². The third kappa shape index (κ3) is 2.95. The van der Waals surface area contributed by atoms with Gasteiger partial charge in [-0.3, -0.25) is 0 Å². The van der Waals surface area contributed by atoms with Gasteiger partial charge in [-0.1, -0.05) is 37.3 Å². The summed E-state index contributed by atoms with van der Waals surface area (Å²) in [5.74, 6) is 0. The molecule has 0 amide bonds. The molecule has 2 aromatic carbocycles. The number of fused-ring (bicyclic) bond motifs is 1. The summed E-state index contributed by atoms with van der Waals surface area (Å²) in [5.41, 5.74) is 4.13. The van der Waals surface area contributed by atoms with Crippen LogP contribution < -0.4 is 5.32 Å². The van der Waals surface area contributed by atoms with Gasteiger partial charge in [-0.2, -0.15) is 0 Å². The van der Waals surface area contributed by atoms with Crippen molar-refractivity contribution in [1.82, 2.24) is 0 Å². The number of aryl methyl sites for hydroxylation is 1. The number of hydrogen-bond donors (Lipinski definition) is 1. The number of benzene rings is 2. The van der Waals surface area contributed by atoms with Gasteiger partial charge in [0.1, 0.15) is 0 Å². The van der Waals surface area contributed by atoms with Crippen LogP contribution >= 0.6 is 11.8 Å². The molecule has 1 N–H and O–H groups in total. The average Bonchev–Trinajstić information content (AvgIpc) is 2.88. The zero-order valence-corrected chi connectivity index (χ0v) is 12.0. The molecule has 2 aromatic rings. The lowest BCUT2D eigenvalue weighted by atomic mass is 10.1. The zero-order valence-electron chi connectivity index (χ0n) is 11.2. The molecule has 0 fully saturated rings. The van der Waals surface area contributed by atoms with Gasteiger partial charge >= 0.3 is 0 Å². The number of anilines is 1. The summed E-state index contributed by atoms with van der Waals surface area (Å²) in [6.45, 7) is 3.22. The molecule has 0 saturated heterocycles. The lowest BCUT2D eigenvalue weighted by Crippen LogP contribution is -2.15. The SMILES string of the molecule is CCc1ccc(NCC2Cc3ccccc3S2)cc1. The van der Waals surface area contributed by atoms with Crippen LogP contribution in [-0.4, -0.2) is 11.8 Å². The van der Waals surface area contributed by atoms with Crippen molar-refractivity contribution in [3.05, 3.63) is 59.7 Å². The van der Waals surface area contributed by atoms with E-state index in [9.17, 15) is 0 Å². The molecule has 0 saturated carbocycles. The maximum Gasteiger partial charge on any atom is 0.0340 e. The molecule has 2 heteroatoms. The van der Waals surface area contributed by atoms with Crippen LogP contribution in [0, 0.1) is 0 Å². The molecule has 98 valence electrons. The van der Waals surface area contributed by atoms with E-state index in [1.165, 1.54) is 28.1 Å². The molecule has 0 radical (unpaired) electrons. The molecule has 0 bridgehead atoms. The Balaban J connectivity index is 1.56. The van der Waals surface area contributed by atoms with Gasteiger partial charge < -0.3 is 5.32 Å². The fraction of sp³-hybridized carbons (Fsp3) is 0.294. The van der Waals surface area contributed by atoms with Crippen LogP contribution in [0.25, 0.3) is 0 Å². The summed E-state index contributed by atoms with van der Waals surface area (Å²) in [4.78, 5) is 1.45.